The smallest absolute Gasteiger partial charge is 0.308 e. The lowest BCUT2D eigenvalue weighted by atomic mass is 10.2. The maximum absolute atomic E-state index is 13.8. The fourth-order valence-electron chi connectivity index (χ4n) is 1.62. The molecule has 1 aromatic carbocycles. The Hall–Kier alpha value is -1.62. The van der Waals surface area contributed by atoms with E-state index >= 15 is 0 Å². The summed E-state index contributed by atoms with van der Waals surface area (Å²) in [4.78, 5) is 10.9. The van der Waals surface area contributed by atoms with E-state index in [0.29, 0.717) is 12.5 Å². The Morgan fingerprint density at radius 2 is 2.15 bits per heavy atom. The van der Waals surface area contributed by atoms with Gasteiger partial charge in [-0.25, -0.2) is 4.39 Å². The first kappa shape index (κ1) is 16.4. The summed E-state index contributed by atoms with van der Waals surface area (Å²) in [5.41, 5.74) is 0.864. The lowest BCUT2D eigenvalue weighted by molar-refractivity contribution is -0.141. The highest BCUT2D eigenvalue weighted by Gasteiger charge is 2.07. The predicted molar refractivity (Wildman–Crippen MR) is 75.1 cm³/mol. The molecule has 1 aromatic rings. The first-order valence-corrected chi connectivity index (χ1v) is 6.71. The molecule has 0 aliphatic carbocycles. The van der Waals surface area contributed by atoms with E-state index in [2.05, 4.69) is 23.9 Å². The average Bonchev–Trinajstić information content (AvgIpc) is 2.40. The third-order valence-corrected chi connectivity index (χ3v) is 2.67. The van der Waals surface area contributed by atoms with Gasteiger partial charge < -0.3 is 14.8 Å². The zero-order valence-electron chi connectivity index (χ0n) is 12.2. The average molecular weight is 283 g/mol. The number of carbonyl (C=O) groups is 1. The standard InChI is InChI=1S/C15H22FNO3/c1-11(2)9-17-10-12-4-5-14(13(16)8-12)20-7-6-15(18)19-3/h4-5,8,11,17H,6-7,9-10H2,1-3H3. The van der Waals surface area contributed by atoms with Gasteiger partial charge in [0.05, 0.1) is 20.1 Å². The van der Waals surface area contributed by atoms with E-state index in [0.717, 1.165) is 12.1 Å². The van der Waals surface area contributed by atoms with E-state index in [1.807, 2.05) is 6.07 Å². The topological polar surface area (TPSA) is 47.6 Å². The predicted octanol–water partition coefficient (Wildman–Crippen LogP) is 2.51. The number of carbonyl (C=O) groups excluding carboxylic acids is 1. The van der Waals surface area contributed by atoms with Gasteiger partial charge >= 0.3 is 5.97 Å². The van der Waals surface area contributed by atoms with Gasteiger partial charge in [0.2, 0.25) is 0 Å². The van der Waals surface area contributed by atoms with Crippen LogP contribution >= 0.6 is 0 Å². The minimum Gasteiger partial charge on any atom is -0.490 e. The molecule has 0 unspecified atom stereocenters. The molecule has 0 aromatic heterocycles. The van der Waals surface area contributed by atoms with Gasteiger partial charge in [0.1, 0.15) is 0 Å². The summed E-state index contributed by atoms with van der Waals surface area (Å²) in [6.07, 6.45) is 0.105. The fourth-order valence-corrected chi connectivity index (χ4v) is 1.62. The number of esters is 1. The molecule has 112 valence electrons. The summed E-state index contributed by atoms with van der Waals surface area (Å²) in [5.74, 6) is -0.0825. The zero-order chi connectivity index (χ0) is 15.0. The molecule has 0 spiro atoms. The van der Waals surface area contributed by atoms with Crippen LogP contribution in [0.25, 0.3) is 0 Å². The molecular weight excluding hydrogens is 261 g/mol. The first-order valence-electron chi connectivity index (χ1n) is 6.71. The van der Waals surface area contributed by atoms with E-state index in [4.69, 9.17) is 4.74 Å². The SMILES string of the molecule is COC(=O)CCOc1ccc(CNCC(C)C)cc1F. The number of ether oxygens (including phenoxy) is 2. The Balaban J connectivity index is 2.44. The van der Waals surface area contributed by atoms with Crippen LogP contribution in [0.15, 0.2) is 18.2 Å². The largest absolute Gasteiger partial charge is 0.490 e. The third kappa shape index (κ3) is 6.02. The molecule has 0 amide bonds. The van der Waals surface area contributed by atoms with Gasteiger partial charge in [0, 0.05) is 6.54 Å². The van der Waals surface area contributed by atoms with Crippen molar-refractivity contribution in [3.63, 3.8) is 0 Å². The quantitative estimate of drug-likeness (QED) is 0.745. The molecule has 0 radical (unpaired) electrons. The highest BCUT2D eigenvalue weighted by Crippen LogP contribution is 2.18. The highest BCUT2D eigenvalue weighted by molar-refractivity contribution is 5.69. The van der Waals surface area contributed by atoms with Crippen molar-refractivity contribution in [1.82, 2.24) is 5.32 Å². The molecule has 20 heavy (non-hydrogen) atoms. The molecule has 1 rings (SSSR count). The molecule has 0 saturated heterocycles. The van der Waals surface area contributed by atoms with Crippen LogP contribution in [-0.4, -0.2) is 26.2 Å². The van der Waals surface area contributed by atoms with E-state index in [1.165, 1.54) is 13.2 Å². The van der Waals surface area contributed by atoms with Crippen molar-refractivity contribution in [2.75, 3.05) is 20.3 Å². The molecule has 4 nitrogen and oxygen atoms in total. The van der Waals surface area contributed by atoms with Gasteiger partial charge in [-0.05, 0) is 30.2 Å². The van der Waals surface area contributed by atoms with Gasteiger partial charge in [0.15, 0.2) is 11.6 Å². The monoisotopic (exact) mass is 283 g/mol. The van der Waals surface area contributed by atoms with Gasteiger partial charge in [-0.1, -0.05) is 19.9 Å². The third-order valence-electron chi connectivity index (χ3n) is 2.67. The van der Waals surface area contributed by atoms with Crippen molar-refractivity contribution in [2.24, 2.45) is 5.92 Å². The maximum Gasteiger partial charge on any atom is 0.308 e. The van der Waals surface area contributed by atoms with Crippen LogP contribution in [0.5, 0.6) is 5.75 Å². The first-order chi connectivity index (χ1) is 9.52. The van der Waals surface area contributed by atoms with Crippen LogP contribution in [0.1, 0.15) is 25.8 Å². The molecule has 0 aliphatic rings. The number of halogens is 1. The molecular formula is C15H22FNO3. The summed E-state index contributed by atoms with van der Waals surface area (Å²) in [6, 6.07) is 4.84. The molecule has 0 atom stereocenters. The molecule has 0 saturated carbocycles. The van der Waals surface area contributed by atoms with Crippen molar-refractivity contribution in [3.05, 3.63) is 29.6 Å². The second-order valence-corrected chi connectivity index (χ2v) is 4.96. The van der Waals surface area contributed by atoms with Gasteiger partial charge in [-0.15, -0.1) is 0 Å². The number of methoxy groups -OCH3 is 1. The summed E-state index contributed by atoms with van der Waals surface area (Å²) < 4.78 is 23.5. The maximum atomic E-state index is 13.8. The summed E-state index contributed by atoms with van der Waals surface area (Å²) in [6.45, 7) is 5.85. The minimum absolute atomic E-state index is 0.105. The van der Waals surface area contributed by atoms with E-state index in [1.54, 1.807) is 6.07 Å². The van der Waals surface area contributed by atoms with E-state index < -0.39 is 5.82 Å². The van der Waals surface area contributed by atoms with Crippen molar-refractivity contribution >= 4 is 5.97 Å². The Morgan fingerprint density at radius 1 is 1.40 bits per heavy atom. The van der Waals surface area contributed by atoms with Crippen LogP contribution in [0.2, 0.25) is 0 Å². The second-order valence-electron chi connectivity index (χ2n) is 4.96. The molecule has 0 bridgehead atoms. The number of hydrogen-bond donors (Lipinski definition) is 1. The van der Waals surface area contributed by atoms with E-state index in [-0.39, 0.29) is 24.7 Å². The van der Waals surface area contributed by atoms with Crippen molar-refractivity contribution in [1.29, 1.82) is 0 Å². The Labute approximate surface area is 119 Å². The number of hydrogen-bond acceptors (Lipinski definition) is 4. The molecule has 5 heteroatoms. The van der Waals surface area contributed by atoms with Gasteiger partial charge in [0.25, 0.3) is 0 Å². The van der Waals surface area contributed by atoms with Crippen molar-refractivity contribution in [2.45, 2.75) is 26.8 Å². The number of benzene rings is 1. The summed E-state index contributed by atoms with van der Waals surface area (Å²) >= 11 is 0. The fraction of sp³-hybridized carbons (Fsp3) is 0.533. The lowest BCUT2D eigenvalue weighted by Crippen LogP contribution is -2.19. The summed E-state index contributed by atoms with van der Waals surface area (Å²) in [7, 11) is 1.31. The van der Waals surface area contributed by atoms with Crippen LogP contribution < -0.4 is 10.1 Å². The van der Waals surface area contributed by atoms with Crippen LogP contribution in [0.3, 0.4) is 0 Å². The normalized spacial score (nSPS) is 10.7. The Morgan fingerprint density at radius 3 is 2.75 bits per heavy atom. The van der Waals surface area contributed by atoms with Crippen LogP contribution in [0, 0.1) is 11.7 Å². The Bertz CT molecular complexity index is 435. The van der Waals surface area contributed by atoms with Crippen molar-refractivity contribution in [3.8, 4) is 5.75 Å². The van der Waals surface area contributed by atoms with E-state index in [9.17, 15) is 9.18 Å². The van der Waals surface area contributed by atoms with Gasteiger partial charge in [-0.3, -0.25) is 4.79 Å². The van der Waals surface area contributed by atoms with Crippen LogP contribution in [0.4, 0.5) is 4.39 Å². The molecule has 0 heterocycles. The lowest BCUT2D eigenvalue weighted by Gasteiger charge is -2.10. The Kier molecular flexibility index (Phi) is 7.01. The molecule has 0 aliphatic heterocycles. The second kappa shape index (κ2) is 8.53. The van der Waals surface area contributed by atoms with Gasteiger partial charge in [-0.2, -0.15) is 0 Å². The number of rotatable bonds is 8. The highest BCUT2D eigenvalue weighted by atomic mass is 19.1. The zero-order valence-corrected chi connectivity index (χ0v) is 12.2. The molecule has 1 N–H and O–H groups in total. The van der Waals surface area contributed by atoms with Crippen molar-refractivity contribution < 1.29 is 18.7 Å². The summed E-state index contributed by atoms with van der Waals surface area (Å²) in [5, 5.41) is 3.24. The minimum atomic E-state index is -0.418. The molecule has 0 fully saturated rings. The van der Waals surface area contributed by atoms with Crippen LogP contribution in [-0.2, 0) is 16.1 Å². The number of nitrogens with one attached hydrogen (secondary N) is 1.